The van der Waals surface area contributed by atoms with Crippen LogP contribution in [0.4, 0.5) is 0 Å². The molecule has 8 rings (SSSR count). The first-order valence-corrected chi connectivity index (χ1v) is 24.6. The average Bonchev–Trinajstić information content (AvgIpc) is 3.95. The van der Waals surface area contributed by atoms with Crippen molar-refractivity contribution in [1.29, 1.82) is 0 Å². The van der Waals surface area contributed by atoms with Gasteiger partial charge in [-0.1, -0.05) is 118 Å². The van der Waals surface area contributed by atoms with E-state index >= 15 is 0 Å². The summed E-state index contributed by atoms with van der Waals surface area (Å²) in [6.07, 6.45) is 0. The van der Waals surface area contributed by atoms with Gasteiger partial charge < -0.3 is 18.9 Å². The molecule has 2 heterocycles. The van der Waals surface area contributed by atoms with E-state index in [0.29, 0.717) is 33.6 Å². The molecular weight excluding hydrogens is 1050 g/mol. The number of halogens is 6. The molecule has 366 valence electrons. The standard InChI is InChI=1S/C54H40Cl6N4O8/c1-5-69-50(65)33-17-9-29(10-18-33)45-46(30-11-19-34(20-12-30)51(66)70-6-2)63-54(62-45,44-41(59)27-38(56)28-42(44)60)64-48(32-15-23-36(24-16-32)53(68)72-8-4)47(31-13-21-35(22-14-31)52(67)71-7-3)61-49(64)43-39(57)25-37(55)26-40(43)58/h9-28H,5-8H2,1-4H3. The minimum absolute atomic E-state index is 0.0350. The molecule has 0 radical (unpaired) electrons. The molecular formula is C54H40Cl6N4O8. The van der Waals surface area contributed by atoms with E-state index in [-0.39, 0.29) is 107 Å². The molecule has 6 aromatic carbocycles. The number of benzene rings is 6. The van der Waals surface area contributed by atoms with Crippen LogP contribution in [0.3, 0.4) is 0 Å². The SMILES string of the molecule is CCOC(=O)c1ccc(C2=NC(c3c(Cl)cc(Cl)cc3Cl)(n3c(-c4c(Cl)cc(Cl)cc4Cl)nc(-c4ccc(C(=O)OCC)cc4)c3-c3ccc(C(=O)OCC)cc3)N=C2c2ccc(C(=O)OCC)cc2)cc1. The first-order valence-electron chi connectivity index (χ1n) is 22.4. The molecule has 1 aliphatic rings. The highest BCUT2D eigenvalue weighted by Gasteiger charge is 2.48. The third-order valence-electron chi connectivity index (χ3n) is 11.2. The second kappa shape index (κ2) is 22.1. The smallest absolute Gasteiger partial charge is 0.338 e. The molecule has 0 atom stereocenters. The Balaban J connectivity index is 1.56. The maximum absolute atomic E-state index is 13.1. The van der Waals surface area contributed by atoms with Crippen molar-refractivity contribution in [2.45, 2.75) is 33.5 Å². The number of hydrogen-bond acceptors (Lipinski definition) is 11. The Hall–Kier alpha value is -6.51. The molecule has 0 aliphatic carbocycles. The number of aromatic nitrogens is 2. The van der Waals surface area contributed by atoms with Crippen LogP contribution in [0.5, 0.6) is 0 Å². The Morgan fingerprint density at radius 1 is 0.458 bits per heavy atom. The summed E-state index contributed by atoms with van der Waals surface area (Å²) in [5, 5.41) is 0.679. The summed E-state index contributed by atoms with van der Waals surface area (Å²) in [6.45, 7) is 7.48. The van der Waals surface area contributed by atoms with Gasteiger partial charge in [-0.25, -0.2) is 34.1 Å². The van der Waals surface area contributed by atoms with Crippen molar-refractivity contribution >= 4 is 105 Å². The summed E-state index contributed by atoms with van der Waals surface area (Å²) >= 11 is 42.3. The van der Waals surface area contributed by atoms with Crippen LogP contribution in [0.15, 0.2) is 131 Å². The van der Waals surface area contributed by atoms with Gasteiger partial charge in [-0.05, 0) is 100 Å². The van der Waals surface area contributed by atoms with E-state index in [4.69, 9.17) is 104 Å². The van der Waals surface area contributed by atoms with Crippen LogP contribution in [-0.2, 0) is 24.7 Å². The lowest BCUT2D eigenvalue weighted by atomic mass is 9.98. The monoisotopic (exact) mass is 1080 g/mol. The highest BCUT2D eigenvalue weighted by molar-refractivity contribution is 6.55. The Bertz CT molecular complexity index is 3200. The molecule has 72 heavy (non-hydrogen) atoms. The first kappa shape index (κ1) is 51.8. The first-order chi connectivity index (χ1) is 34.6. The van der Waals surface area contributed by atoms with Crippen LogP contribution in [-0.4, -0.2) is 71.3 Å². The molecule has 0 bridgehead atoms. The molecule has 0 saturated heterocycles. The molecule has 0 fully saturated rings. The lowest BCUT2D eigenvalue weighted by Gasteiger charge is -2.31. The Morgan fingerprint density at radius 3 is 1.12 bits per heavy atom. The lowest BCUT2D eigenvalue weighted by Crippen LogP contribution is -2.32. The summed E-state index contributed by atoms with van der Waals surface area (Å²) in [5.74, 6) is -4.19. The largest absolute Gasteiger partial charge is 0.462 e. The molecule has 18 heteroatoms. The number of ether oxygens (including phenoxy) is 4. The van der Waals surface area contributed by atoms with E-state index in [1.54, 1.807) is 129 Å². The zero-order valence-electron chi connectivity index (χ0n) is 38.7. The molecule has 1 aliphatic heterocycles. The third kappa shape index (κ3) is 10.3. The number of carbonyl (C=O) groups is 4. The van der Waals surface area contributed by atoms with Crippen LogP contribution in [0.25, 0.3) is 33.9 Å². The van der Waals surface area contributed by atoms with Gasteiger partial charge in [0.2, 0.25) is 0 Å². The molecule has 0 spiro atoms. The predicted molar refractivity (Wildman–Crippen MR) is 282 cm³/mol. The fourth-order valence-electron chi connectivity index (χ4n) is 8.06. The molecule has 0 saturated carbocycles. The third-order valence-corrected chi connectivity index (χ3v) is 12.8. The van der Waals surface area contributed by atoms with E-state index < -0.39 is 29.7 Å². The van der Waals surface area contributed by atoms with E-state index in [2.05, 4.69) is 0 Å². The Morgan fingerprint density at radius 2 is 0.778 bits per heavy atom. The molecule has 0 unspecified atom stereocenters. The van der Waals surface area contributed by atoms with Crippen molar-refractivity contribution in [3.05, 3.63) is 190 Å². The maximum atomic E-state index is 13.1. The number of aliphatic imine (C=N–C) groups is 2. The summed E-state index contributed by atoms with van der Waals surface area (Å²) in [6, 6.07) is 32.4. The fourth-order valence-corrected chi connectivity index (χ4v) is 10.1. The van der Waals surface area contributed by atoms with Gasteiger partial charge in [-0.3, -0.25) is 4.57 Å². The predicted octanol–water partition coefficient (Wildman–Crippen LogP) is 14.2. The van der Waals surface area contributed by atoms with Crippen molar-refractivity contribution in [1.82, 2.24) is 9.55 Å². The maximum Gasteiger partial charge on any atom is 0.338 e. The van der Waals surface area contributed by atoms with E-state index in [0.717, 1.165) is 0 Å². The van der Waals surface area contributed by atoms with Crippen LogP contribution in [0, 0.1) is 0 Å². The number of carbonyl (C=O) groups excluding carboxylic acids is 4. The van der Waals surface area contributed by atoms with Crippen LogP contribution in [0.1, 0.15) is 85.8 Å². The van der Waals surface area contributed by atoms with Crippen molar-refractivity contribution in [3.8, 4) is 33.9 Å². The van der Waals surface area contributed by atoms with Crippen molar-refractivity contribution in [2.75, 3.05) is 26.4 Å². The van der Waals surface area contributed by atoms with Crippen LogP contribution < -0.4 is 0 Å². The zero-order valence-corrected chi connectivity index (χ0v) is 43.2. The normalized spacial score (nSPS) is 12.8. The highest BCUT2D eigenvalue weighted by atomic mass is 35.5. The van der Waals surface area contributed by atoms with Crippen molar-refractivity contribution < 1.29 is 38.1 Å². The minimum atomic E-state index is -2.13. The van der Waals surface area contributed by atoms with Gasteiger partial charge in [-0.15, -0.1) is 0 Å². The van der Waals surface area contributed by atoms with Crippen LogP contribution >= 0.6 is 69.6 Å². The quantitative estimate of drug-likeness (QED) is 0.0723. The summed E-state index contributed by atoms with van der Waals surface area (Å²) in [4.78, 5) is 68.5. The fraction of sp³-hybridized carbons (Fsp3) is 0.167. The molecule has 12 nitrogen and oxygen atoms in total. The Kier molecular flexibility index (Phi) is 15.9. The number of rotatable bonds is 15. The molecule has 0 N–H and O–H groups in total. The number of hydrogen-bond donors (Lipinski definition) is 0. The molecule has 7 aromatic rings. The van der Waals surface area contributed by atoms with Gasteiger partial charge in [0.25, 0.3) is 5.79 Å². The summed E-state index contributed by atoms with van der Waals surface area (Å²) in [5.41, 5.74) is 4.50. The van der Waals surface area contributed by atoms with E-state index in [1.807, 2.05) is 0 Å². The highest BCUT2D eigenvalue weighted by Crippen LogP contribution is 2.52. The average molecular weight is 1090 g/mol. The second-order valence-corrected chi connectivity index (χ2v) is 18.2. The summed E-state index contributed by atoms with van der Waals surface area (Å²) in [7, 11) is 0. The van der Waals surface area contributed by atoms with Gasteiger partial charge in [0, 0.05) is 32.3 Å². The van der Waals surface area contributed by atoms with Crippen molar-refractivity contribution in [3.63, 3.8) is 0 Å². The summed E-state index contributed by atoms with van der Waals surface area (Å²) < 4.78 is 22.9. The minimum Gasteiger partial charge on any atom is -0.462 e. The van der Waals surface area contributed by atoms with Gasteiger partial charge in [0.05, 0.1) is 103 Å². The number of imidazole rings is 1. The second-order valence-electron chi connectivity index (χ2n) is 15.7. The van der Waals surface area contributed by atoms with Gasteiger partial charge in [0.1, 0.15) is 5.82 Å². The lowest BCUT2D eigenvalue weighted by molar-refractivity contribution is 0.0516. The van der Waals surface area contributed by atoms with Crippen molar-refractivity contribution in [2.24, 2.45) is 9.98 Å². The molecule has 0 amide bonds. The van der Waals surface area contributed by atoms with Gasteiger partial charge >= 0.3 is 23.9 Å². The van der Waals surface area contributed by atoms with Gasteiger partial charge in [-0.2, -0.15) is 0 Å². The number of nitrogens with zero attached hydrogens (tertiary/aromatic N) is 4. The zero-order chi connectivity index (χ0) is 51.4. The van der Waals surface area contributed by atoms with E-state index in [1.165, 1.54) is 24.3 Å². The number of esters is 4. The molecule has 1 aromatic heterocycles. The Labute approximate surface area is 444 Å². The topological polar surface area (TPSA) is 148 Å². The van der Waals surface area contributed by atoms with Crippen LogP contribution in [0.2, 0.25) is 30.1 Å². The van der Waals surface area contributed by atoms with Gasteiger partial charge in [0.15, 0.2) is 0 Å². The van der Waals surface area contributed by atoms with E-state index in [9.17, 15) is 19.2 Å².